The van der Waals surface area contributed by atoms with Gasteiger partial charge in [-0.2, -0.15) is 0 Å². The zero-order valence-corrected chi connectivity index (χ0v) is 10.5. The number of nitrogens with zero attached hydrogens (tertiary/aromatic N) is 1. The van der Waals surface area contributed by atoms with E-state index in [1.54, 1.807) is 0 Å². The fourth-order valence-corrected chi connectivity index (χ4v) is 0.604. The van der Waals surface area contributed by atoms with Crippen molar-refractivity contribution in [3.8, 4) is 0 Å². The van der Waals surface area contributed by atoms with Crippen LogP contribution in [0.25, 0.3) is 0 Å². The maximum absolute atomic E-state index is 8.00. The Balaban J connectivity index is -0.0000000489. The molecule has 0 amide bonds. The van der Waals surface area contributed by atoms with Crippen molar-refractivity contribution in [1.82, 2.24) is 10.6 Å². The van der Waals surface area contributed by atoms with Gasteiger partial charge in [0.2, 0.25) is 0 Å². The summed E-state index contributed by atoms with van der Waals surface area (Å²) in [6.45, 7) is 4.56. The summed E-state index contributed by atoms with van der Waals surface area (Å²) in [6.07, 6.45) is 0. The summed E-state index contributed by atoms with van der Waals surface area (Å²) in [6, 6.07) is 0. The molecular formula is C4H12Cl2N3NaO2. The molecule has 1 fully saturated rings. The van der Waals surface area contributed by atoms with E-state index in [1.807, 2.05) is 0 Å². The third-order valence-electron chi connectivity index (χ3n) is 0.957. The molecule has 0 aromatic rings. The predicted molar refractivity (Wildman–Crippen MR) is 49.4 cm³/mol. The molecule has 0 aliphatic carbocycles. The maximum atomic E-state index is 8.00. The molecule has 1 rings (SSSR count). The van der Waals surface area contributed by atoms with Crippen LogP contribution in [0.3, 0.4) is 0 Å². The number of rotatable bonds is 0. The molecule has 0 aromatic heterocycles. The van der Waals surface area contributed by atoms with Gasteiger partial charge in [-0.1, -0.05) is 0 Å². The Bertz CT molecular complexity index is 65.8. The molecule has 0 unspecified atom stereocenters. The van der Waals surface area contributed by atoms with E-state index < -0.39 is 0 Å². The van der Waals surface area contributed by atoms with Gasteiger partial charge in [-0.25, -0.2) is 0 Å². The van der Waals surface area contributed by atoms with Gasteiger partial charge in [-0.3, -0.25) is 0 Å². The molecule has 0 atom stereocenters. The second-order valence-electron chi connectivity index (χ2n) is 1.57. The monoisotopic (exact) mass is 227 g/mol. The Hall–Kier alpha value is 0.900. The average molecular weight is 228 g/mol. The van der Waals surface area contributed by atoms with Gasteiger partial charge in [0, 0.05) is 26.2 Å². The van der Waals surface area contributed by atoms with Gasteiger partial charge < -0.3 is 20.7 Å². The van der Waals surface area contributed by atoms with E-state index in [0.717, 1.165) is 31.5 Å². The van der Waals surface area contributed by atoms with E-state index in [0.29, 0.717) is 0 Å². The second-order valence-corrected chi connectivity index (χ2v) is 1.57. The first-order valence-electron chi connectivity index (χ1n) is 2.78. The summed E-state index contributed by atoms with van der Waals surface area (Å²) in [7, 11) is 0. The third-order valence-corrected chi connectivity index (χ3v) is 0.957. The molecule has 2 N–H and O–H groups in total. The molecule has 12 heavy (non-hydrogen) atoms. The van der Waals surface area contributed by atoms with Gasteiger partial charge in [0.05, 0.1) is 0 Å². The first-order valence-corrected chi connectivity index (χ1v) is 2.78. The predicted octanol–water partition coefficient (Wildman–Crippen LogP) is -2.72. The summed E-state index contributed by atoms with van der Waals surface area (Å²) in [5, 5.41) is 15.4. The minimum Gasteiger partial charge on any atom is -0.444 e. The van der Waals surface area contributed by atoms with Gasteiger partial charge >= 0.3 is 29.6 Å². The van der Waals surface area contributed by atoms with Crippen LogP contribution in [-0.4, -0.2) is 26.2 Å². The Morgan fingerprint density at radius 2 is 1.17 bits per heavy atom. The van der Waals surface area contributed by atoms with Gasteiger partial charge in [-0.05, 0) is 0 Å². The minimum absolute atomic E-state index is 0. The average Bonchev–Trinajstić information content (AvgIpc) is 1.93. The smallest absolute Gasteiger partial charge is 0.444 e. The molecule has 0 bridgehead atoms. The summed E-state index contributed by atoms with van der Waals surface area (Å²) in [4.78, 5) is 8.00. The molecule has 0 aromatic carbocycles. The van der Waals surface area contributed by atoms with Crippen molar-refractivity contribution < 1.29 is 29.6 Å². The van der Waals surface area contributed by atoms with Crippen LogP contribution in [0.4, 0.5) is 0 Å². The number of halogens is 2. The first kappa shape index (κ1) is 23.1. The molecule has 5 nitrogen and oxygen atoms in total. The van der Waals surface area contributed by atoms with Crippen molar-refractivity contribution in [1.29, 1.82) is 0 Å². The largest absolute Gasteiger partial charge is 1.00 e. The van der Waals surface area contributed by atoms with Crippen molar-refractivity contribution >= 4 is 24.8 Å². The van der Waals surface area contributed by atoms with E-state index in [1.165, 1.54) is 0 Å². The molecule has 1 heterocycles. The molecule has 8 heteroatoms. The Kier molecular flexibility index (Phi) is 43.5. The van der Waals surface area contributed by atoms with Crippen LogP contribution in [0.1, 0.15) is 0 Å². The molecule has 1 saturated heterocycles. The number of piperazine rings is 1. The fourth-order valence-electron chi connectivity index (χ4n) is 0.604. The SMILES string of the molecule is C1CNCCN1.Cl.Cl.O=N[O-].[Na+]. The summed E-state index contributed by atoms with van der Waals surface area (Å²) in [5.74, 6) is 0. The van der Waals surface area contributed by atoms with Crippen LogP contribution in [0, 0.1) is 10.1 Å². The topological polar surface area (TPSA) is 76.5 Å². The first-order chi connectivity index (χ1) is 4.41. The molecule has 0 spiro atoms. The molecule has 1 aliphatic heterocycles. The van der Waals surface area contributed by atoms with E-state index in [2.05, 4.69) is 10.6 Å². The van der Waals surface area contributed by atoms with Gasteiger partial charge in [0.1, 0.15) is 0 Å². The van der Waals surface area contributed by atoms with Crippen LogP contribution in [0.15, 0.2) is 5.34 Å². The van der Waals surface area contributed by atoms with E-state index in [-0.39, 0.29) is 54.4 Å². The molecular weight excluding hydrogens is 216 g/mol. The minimum atomic E-state index is 0. The Labute approximate surface area is 106 Å². The quantitative estimate of drug-likeness (QED) is 0.268. The standard InChI is InChI=1S/C4H10N2.2ClH.HNO2.Na/c1-2-6-4-3-5-1;;;2-1-3;/h5-6H,1-4H2;2*1H;(H,2,3);/q;;;;+1/p-1. The molecule has 0 saturated carbocycles. The number of hydrogen-bond acceptors (Lipinski definition) is 5. The van der Waals surface area contributed by atoms with Crippen LogP contribution < -0.4 is 40.2 Å². The van der Waals surface area contributed by atoms with Crippen LogP contribution >= 0.6 is 24.8 Å². The maximum Gasteiger partial charge on any atom is 1.00 e. The fraction of sp³-hybridized carbons (Fsp3) is 1.00. The van der Waals surface area contributed by atoms with Crippen LogP contribution in [0.5, 0.6) is 0 Å². The molecule has 0 radical (unpaired) electrons. The van der Waals surface area contributed by atoms with Gasteiger partial charge in [0.15, 0.2) is 0 Å². The second kappa shape index (κ2) is 22.7. The number of nitrogens with one attached hydrogen (secondary N) is 2. The molecule has 1 aliphatic rings. The van der Waals surface area contributed by atoms with Gasteiger partial charge in [0.25, 0.3) is 0 Å². The van der Waals surface area contributed by atoms with Crippen molar-refractivity contribution in [2.24, 2.45) is 5.34 Å². The summed E-state index contributed by atoms with van der Waals surface area (Å²) in [5.41, 5.74) is 0. The van der Waals surface area contributed by atoms with Gasteiger partial charge in [-0.15, -0.1) is 30.2 Å². The van der Waals surface area contributed by atoms with E-state index in [9.17, 15) is 0 Å². The Morgan fingerprint density at radius 1 is 1.00 bits per heavy atom. The summed E-state index contributed by atoms with van der Waals surface area (Å²) < 4.78 is 0. The summed E-state index contributed by atoms with van der Waals surface area (Å²) >= 11 is 0. The third kappa shape index (κ3) is 22.4. The van der Waals surface area contributed by atoms with Crippen molar-refractivity contribution in [2.75, 3.05) is 26.2 Å². The normalized spacial score (nSPS) is 13.0. The van der Waals surface area contributed by atoms with Crippen molar-refractivity contribution in [3.05, 3.63) is 10.1 Å². The Morgan fingerprint density at radius 3 is 1.25 bits per heavy atom. The zero-order chi connectivity index (χ0) is 6.95. The van der Waals surface area contributed by atoms with E-state index >= 15 is 0 Å². The van der Waals surface area contributed by atoms with Crippen molar-refractivity contribution in [3.63, 3.8) is 0 Å². The molecule has 70 valence electrons. The van der Waals surface area contributed by atoms with Crippen LogP contribution in [-0.2, 0) is 0 Å². The zero-order valence-electron chi connectivity index (χ0n) is 6.91. The van der Waals surface area contributed by atoms with Crippen molar-refractivity contribution in [2.45, 2.75) is 0 Å². The van der Waals surface area contributed by atoms with Crippen LogP contribution in [0.2, 0.25) is 0 Å². The number of hydrogen-bond donors (Lipinski definition) is 2. The van der Waals surface area contributed by atoms with E-state index in [4.69, 9.17) is 10.1 Å².